The molecule has 0 bridgehead atoms. The van der Waals surface area contributed by atoms with Crippen molar-refractivity contribution in [2.45, 2.75) is 25.4 Å². The van der Waals surface area contributed by atoms with Gasteiger partial charge in [-0.3, -0.25) is 14.5 Å². The Morgan fingerprint density at radius 3 is 1.79 bits per heavy atom. The van der Waals surface area contributed by atoms with Gasteiger partial charge in [0.05, 0.1) is 6.10 Å². The van der Waals surface area contributed by atoms with Crippen molar-refractivity contribution < 1.29 is 24.6 Å². The Morgan fingerprint density at radius 1 is 0.698 bits per heavy atom. The first kappa shape index (κ1) is 30.2. The zero-order valence-electron chi connectivity index (χ0n) is 24.2. The highest BCUT2D eigenvalue weighted by molar-refractivity contribution is 6.10. The maximum atomic E-state index is 13.0. The molecule has 2 heterocycles. The van der Waals surface area contributed by atoms with E-state index in [1.54, 1.807) is 65.6 Å². The van der Waals surface area contributed by atoms with Gasteiger partial charge in [0.15, 0.2) is 5.78 Å². The normalized spacial score (nSPS) is 16.1. The molecule has 0 spiro atoms. The molecule has 2 aliphatic heterocycles. The smallest absolute Gasteiger partial charge is 0.321 e. The van der Waals surface area contributed by atoms with Crippen molar-refractivity contribution in [2.24, 2.45) is 0 Å². The topological polar surface area (TPSA) is 125 Å². The van der Waals surface area contributed by atoms with Crippen LogP contribution in [0.25, 0.3) is 0 Å². The molecular formula is C33H39N5O5. The minimum absolute atomic E-state index is 0.157. The van der Waals surface area contributed by atoms with E-state index in [2.05, 4.69) is 20.4 Å². The summed E-state index contributed by atoms with van der Waals surface area (Å²) in [6.45, 7) is 5.41. The molecule has 43 heavy (non-hydrogen) atoms. The van der Waals surface area contributed by atoms with E-state index >= 15 is 0 Å². The quantitative estimate of drug-likeness (QED) is 0.283. The van der Waals surface area contributed by atoms with E-state index in [1.807, 2.05) is 12.1 Å². The summed E-state index contributed by atoms with van der Waals surface area (Å²) >= 11 is 0. The summed E-state index contributed by atoms with van der Waals surface area (Å²) in [6.07, 6.45) is 2.00. The Morgan fingerprint density at radius 2 is 1.23 bits per heavy atom. The van der Waals surface area contributed by atoms with E-state index in [0.717, 1.165) is 57.7 Å². The maximum absolute atomic E-state index is 13.0. The second-order valence-corrected chi connectivity index (χ2v) is 11.0. The highest BCUT2D eigenvalue weighted by Crippen LogP contribution is 2.22. The molecule has 0 unspecified atom stereocenters. The number of piperazine rings is 1. The van der Waals surface area contributed by atoms with Crippen molar-refractivity contribution in [1.82, 2.24) is 9.80 Å². The predicted octanol–water partition coefficient (Wildman–Crippen LogP) is 3.66. The fraction of sp³-hybridized carbons (Fsp3) is 0.364. The van der Waals surface area contributed by atoms with Gasteiger partial charge in [0.25, 0.3) is 5.91 Å². The molecule has 0 aromatic heterocycles. The minimum Gasteiger partial charge on any atom is -0.396 e. The highest BCUT2D eigenvalue weighted by Gasteiger charge is 2.21. The van der Waals surface area contributed by atoms with Gasteiger partial charge in [-0.15, -0.1) is 0 Å². The number of nitrogens with one attached hydrogen (secondary N) is 2. The third-order valence-corrected chi connectivity index (χ3v) is 8.05. The molecule has 0 aliphatic carbocycles. The lowest BCUT2D eigenvalue weighted by Crippen LogP contribution is -2.50. The minimum atomic E-state index is -0.235. The molecule has 10 nitrogen and oxygen atoms in total. The van der Waals surface area contributed by atoms with Crippen LogP contribution < -0.4 is 15.5 Å². The molecule has 2 aliphatic rings. The van der Waals surface area contributed by atoms with E-state index in [-0.39, 0.29) is 30.4 Å². The molecule has 0 atom stereocenters. The molecule has 2 fully saturated rings. The fourth-order valence-corrected chi connectivity index (χ4v) is 5.40. The Kier molecular flexibility index (Phi) is 10.0. The number of hydrogen-bond acceptors (Lipinski definition) is 7. The van der Waals surface area contributed by atoms with Crippen LogP contribution >= 0.6 is 0 Å². The fourth-order valence-electron chi connectivity index (χ4n) is 5.40. The number of anilines is 3. The van der Waals surface area contributed by atoms with Gasteiger partial charge in [-0.25, -0.2) is 4.79 Å². The molecule has 0 saturated carbocycles. The lowest BCUT2D eigenvalue weighted by atomic mass is 10.0. The Bertz CT molecular complexity index is 1380. The van der Waals surface area contributed by atoms with Crippen molar-refractivity contribution in [3.63, 3.8) is 0 Å². The molecule has 3 aromatic rings. The molecule has 4 N–H and O–H groups in total. The zero-order chi connectivity index (χ0) is 30.2. The van der Waals surface area contributed by atoms with Gasteiger partial charge in [-0.2, -0.15) is 0 Å². The van der Waals surface area contributed by atoms with Gasteiger partial charge in [-0.05, 0) is 92.1 Å². The molecule has 5 rings (SSSR count). The summed E-state index contributed by atoms with van der Waals surface area (Å²) < 4.78 is 0. The van der Waals surface area contributed by atoms with Crippen LogP contribution in [0.3, 0.4) is 0 Å². The van der Waals surface area contributed by atoms with Crippen LogP contribution in [0.15, 0.2) is 72.8 Å². The number of carbonyl (C=O) groups is 3. The summed E-state index contributed by atoms with van der Waals surface area (Å²) in [6, 6.07) is 20.9. The first-order valence-corrected chi connectivity index (χ1v) is 14.9. The third-order valence-electron chi connectivity index (χ3n) is 8.05. The summed E-state index contributed by atoms with van der Waals surface area (Å²) in [5.74, 6) is -0.392. The molecule has 2 saturated heterocycles. The Labute approximate surface area is 251 Å². The molecule has 0 radical (unpaired) electrons. The van der Waals surface area contributed by atoms with Crippen molar-refractivity contribution in [2.75, 3.05) is 68.0 Å². The van der Waals surface area contributed by atoms with E-state index in [4.69, 9.17) is 5.11 Å². The number of aliphatic hydroxyl groups excluding tert-OH is 2. The van der Waals surface area contributed by atoms with Crippen LogP contribution in [-0.2, 0) is 0 Å². The lowest BCUT2D eigenvalue weighted by molar-refractivity contribution is 0.102. The van der Waals surface area contributed by atoms with Gasteiger partial charge in [-0.1, -0.05) is 0 Å². The number of carbonyl (C=O) groups excluding carboxylic acids is 3. The predicted molar refractivity (Wildman–Crippen MR) is 167 cm³/mol. The maximum Gasteiger partial charge on any atom is 0.321 e. The van der Waals surface area contributed by atoms with Crippen LogP contribution in [0.1, 0.15) is 45.5 Å². The highest BCUT2D eigenvalue weighted by atomic mass is 16.3. The van der Waals surface area contributed by atoms with Crippen LogP contribution in [0.2, 0.25) is 0 Å². The number of ketones is 1. The summed E-state index contributed by atoms with van der Waals surface area (Å²) in [5.41, 5.74) is 3.76. The van der Waals surface area contributed by atoms with Crippen LogP contribution in [0, 0.1) is 0 Å². The monoisotopic (exact) mass is 585 g/mol. The van der Waals surface area contributed by atoms with Gasteiger partial charge < -0.3 is 30.6 Å². The number of urea groups is 1. The summed E-state index contributed by atoms with van der Waals surface area (Å²) in [4.78, 5) is 44.7. The van der Waals surface area contributed by atoms with Crippen LogP contribution in [0.4, 0.5) is 21.9 Å². The number of amides is 3. The molecule has 10 heteroatoms. The largest absolute Gasteiger partial charge is 0.396 e. The van der Waals surface area contributed by atoms with Gasteiger partial charge in [0, 0.05) is 86.2 Å². The number of rotatable bonds is 9. The van der Waals surface area contributed by atoms with Gasteiger partial charge >= 0.3 is 6.03 Å². The van der Waals surface area contributed by atoms with Crippen molar-refractivity contribution >= 4 is 34.8 Å². The molecule has 226 valence electrons. The second-order valence-electron chi connectivity index (χ2n) is 11.0. The molecular weight excluding hydrogens is 546 g/mol. The average molecular weight is 586 g/mol. The van der Waals surface area contributed by atoms with E-state index in [9.17, 15) is 19.5 Å². The standard InChI is InChI=1S/C33H39N5O5/c39-23-1-16-36-19-21-38(22-20-36)33(43)35-28-10-4-25(5-11-28)31(41)24-2-8-27(9-3-24)34-32(42)26-6-12-29(13-7-26)37-17-14-30(40)15-18-37/h2-13,30,39-40H,1,14-23H2,(H,34,42)(H,35,43). The van der Waals surface area contributed by atoms with Crippen molar-refractivity contribution in [3.05, 3.63) is 89.5 Å². The van der Waals surface area contributed by atoms with E-state index in [1.165, 1.54) is 0 Å². The Balaban J connectivity index is 1.10. The first-order valence-electron chi connectivity index (χ1n) is 14.9. The van der Waals surface area contributed by atoms with E-state index in [0.29, 0.717) is 41.2 Å². The number of nitrogens with zero attached hydrogens (tertiary/aromatic N) is 3. The first-order chi connectivity index (χ1) is 20.9. The van der Waals surface area contributed by atoms with Crippen LogP contribution in [0.5, 0.6) is 0 Å². The van der Waals surface area contributed by atoms with E-state index < -0.39 is 0 Å². The summed E-state index contributed by atoms with van der Waals surface area (Å²) in [7, 11) is 0. The second kappa shape index (κ2) is 14.3. The average Bonchev–Trinajstić information content (AvgIpc) is 3.05. The third kappa shape index (κ3) is 7.98. The molecule has 3 aromatic carbocycles. The number of aliphatic hydroxyl groups is 2. The Hall–Kier alpha value is -4.25. The summed E-state index contributed by atoms with van der Waals surface area (Å²) in [5, 5.41) is 24.5. The molecule has 3 amide bonds. The number of hydrogen-bond donors (Lipinski definition) is 4. The number of benzene rings is 3. The van der Waals surface area contributed by atoms with Crippen LogP contribution in [-0.4, -0.2) is 96.3 Å². The zero-order valence-corrected chi connectivity index (χ0v) is 24.2. The van der Waals surface area contributed by atoms with Gasteiger partial charge in [0.2, 0.25) is 0 Å². The number of piperidine rings is 1. The van der Waals surface area contributed by atoms with Gasteiger partial charge in [0.1, 0.15) is 0 Å². The van der Waals surface area contributed by atoms with Crippen molar-refractivity contribution in [1.29, 1.82) is 0 Å². The lowest BCUT2D eigenvalue weighted by Gasteiger charge is -2.34. The van der Waals surface area contributed by atoms with Crippen molar-refractivity contribution in [3.8, 4) is 0 Å². The SMILES string of the molecule is O=C(Nc1ccc(C(=O)c2ccc(NC(=O)N3CCN(CCCO)CC3)cc2)cc1)c1ccc(N2CCC(O)CC2)cc1.